The molecule has 0 amide bonds. The third-order valence-electron chi connectivity index (χ3n) is 10.6. The Morgan fingerprint density at radius 2 is 0.964 bits per heavy atom. The molecule has 0 saturated carbocycles. The molecule has 0 aromatic rings. The number of hydrogen-bond acceptors (Lipinski definition) is 14. The molecule has 14 nitrogen and oxygen atoms in total. The van der Waals surface area contributed by atoms with Gasteiger partial charge in [0.2, 0.25) is 0 Å². The van der Waals surface area contributed by atoms with Crippen LogP contribution in [-0.2, 0) is 33.2 Å². The summed E-state index contributed by atoms with van der Waals surface area (Å²) in [7, 11) is 0. The van der Waals surface area contributed by atoms with Gasteiger partial charge in [-0.05, 0) is 12.8 Å². The Balaban J connectivity index is 1.83. The van der Waals surface area contributed by atoms with Gasteiger partial charge in [-0.3, -0.25) is 4.79 Å². The zero-order valence-corrected chi connectivity index (χ0v) is 33.9. The summed E-state index contributed by atoms with van der Waals surface area (Å²) in [4.78, 5) is 12.9. The highest BCUT2D eigenvalue weighted by Crippen LogP contribution is 2.26. The zero-order chi connectivity index (χ0) is 40.3. The van der Waals surface area contributed by atoms with Gasteiger partial charge in [0.1, 0.15) is 54.9 Å². The van der Waals surface area contributed by atoms with E-state index in [0.29, 0.717) is 13.0 Å². The van der Waals surface area contributed by atoms with Gasteiger partial charge < -0.3 is 64.2 Å². The van der Waals surface area contributed by atoms with Gasteiger partial charge in [0.05, 0.1) is 26.4 Å². The molecule has 0 bridgehead atoms. The van der Waals surface area contributed by atoms with Crippen molar-refractivity contribution in [1.82, 2.24) is 0 Å². The molecule has 0 spiro atoms. The van der Waals surface area contributed by atoms with Gasteiger partial charge in [0.15, 0.2) is 12.6 Å². The summed E-state index contributed by atoms with van der Waals surface area (Å²) in [6, 6.07) is 0. The van der Waals surface area contributed by atoms with Crippen LogP contribution in [-0.4, -0.2) is 142 Å². The number of aliphatic hydroxyl groups excluding tert-OH is 7. The van der Waals surface area contributed by atoms with Crippen molar-refractivity contribution < 1.29 is 69.0 Å². The molecule has 7 N–H and O–H groups in total. The second-order valence-electron chi connectivity index (χ2n) is 15.5. The number of ether oxygens (including phenoxy) is 6. The van der Waals surface area contributed by atoms with Gasteiger partial charge >= 0.3 is 5.97 Å². The minimum Gasteiger partial charge on any atom is -0.457 e. The first kappa shape index (κ1) is 50.1. The van der Waals surface area contributed by atoms with Crippen molar-refractivity contribution in [2.24, 2.45) is 0 Å². The number of hydrogen-bond donors (Lipinski definition) is 7. The Bertz CT molecular complexity index is 927. The molecule has 14 heteroatoms. The monoisotopic (exact) mass is 795 g/mol. The van der Waals surface area contributed by atoms with Crippen LogP contribution in [0.15, 0.2) is 0 Å². The topological polar surface area (TPSA) is 214 Å². The van der Waals surface area contributed by atoms with Gasteiger partial charge in [-0.1, -0.05) is 136 Å². The van der Waals surface area contributed by atoms with Crippen molar-refractivity contribution in [3.63, 3.8) is 0 Å². The molecule has 11 atom stereocenters. The Morgan fingerprint density at radius 3 is 1.47 bits per heavy atom. The molecule has 0 aliphatic carbocycles. The van der Waals surface area contributed by atoms with Crippen molar-refractivity contribution >= 4 is 5.97 Å². The van der Waals surface area contributed by atoms with Crippen LogP contribution in [0.1, 0.15) is 155 Å². The van der Waals surface area contributed by atoms with Crippen LogP contribution in [0.3, 0.4) is 0 Å². The highest BCUT2D eigenvalue weighted by Gasteiger charge is 2.47. The summed E-state index contributed by atoms with van der Waals surface area (Å²) in [6.07, 6.45) is 8.97. The first-order valence-electron chi connectivity index (χ1n) is 21.6. The predicted octanol–water partition coefficient (Wildman–Crippen LogP) is 4.18. The van der Waals surface area contributed by atoms with Crippen molar-refractivity contribution in [2.45, 2.75) is 223 Å². The molecule has 2 rings (SSSR count). The van der Waals surface area contributed by atoms with Crippen molar-refractivity contribution in [1.29, 1.82) is 0 Å². The normalized spacial score (nSPS) is 29.0. The lowest BCUT2D eigenvalue weighted by Gasteiger charge is -2.42. The Hall–Kier alpha value is -1.01. The van der Waals surface area contributed by atoms with Gasteiger partial charge in [-0.15, -0.1) is 0 Å². The van der Waals surface area contributed by atoms with Crippen LogP contribution >= 0.6 is 0 Å². The minimum atomic E-state index is -1.70. The van der Waals surface area contributed by atoms with Crippen LogP contribution in [0, 0.1) is 0 Å². The van der Waals surface area contributed by atoms with E-state index in [1.807, 2.05) is 0 Å². The van der Waals surface area contributed by atoms with E-state index in [1.165, 1.54) is 89.9 Å². The number of carbonyl (C=O) groups excluding carboxylic acids is 1. The summed E-state index contributed by atoms with van der Waals surface area (Å²) in [5.74, 6) is -0.376. The molecule has 2 aliphatic heterocycles. The fraction of sp³-hybridized carbons (Fsp3) is 0.976. The lowest BCUT2D eigenvalue weighted by Crippen LogP contribution is -2.61. The van der Waals surface area contributed by atoms with Gasteiger partial charge in [-0.25, -0.2) is 0 Å². The first-order valence-corrected chi connectivity index (χ1v) is 21.6. The summed E-state index contributed by atoms with van der Waals surface area (Å²) in [5, 5.41) is 71.7. The summed E-state index contributed by atoms with van der Waals surface area (Å²) in [5.41, 5.74) is 0. The molecule has 0 radical (unpaired) electrons. The van der Waals surface area contributed by atoms with E-state index in [-0.39, 0.29) is 25.6 Å². The van der Waals surface area contributed by atoms with E-state index < -0.39 is 80.7 Å². The lowest BCUT2D eigenvalue weighted by molar-refractivity contribution is -0.332. The number of unbranched alkanes of at least 4 members (excludes halogenated alkanes) is 19. The standard InChI is InChI=1S/C41H78O14/c1-3-5-7-9-11-13-14-15-16-18-20-22-24-33(43)53-30(27-50-25-23-21-19-17-12-10-8-6-4-2)28-51-40-39(49)37(47)35(45)32(55-40)29-52-41-38(48)36(46)34(44)31(26-42)54-41/h30-32,34-42,44-49H,3-29H2,1-2H3. The molecule has 0 aromatic heterocycles. The molecule has 2 heterocycles. The van der Waals surface area contributed by atoms with Crippen molar-refractivity contribution in [3.05, 3.63) is 0 Å². The maximum absolute atomic E-state index is 12.9. The first-order chi connectivity index (χ1) is 26.6. The Kier molecular flexibility index (Phi) is 28.2. The third kappa shape index (κ3) is 20.5. The lowest BCUT2D eigenvalue weighted by atomic mass is 9.98. The minimum absolute atomic E-state index is 0.0683. The largest absolute Gasteiger partial charge is 0.457 e. The molecule has 55 heavy (non-hydrogen) atoms. The average Bonchev–Trinajstić information content (AvgIpc) is 3.18. The number of esters is 1. The maximum atomic E-state index is 12.9. The van der Waals surface area contributed by atoms with Crippen LogP contribution in [0.5, 0.6) is 0 Å². The van der Waals surface area contributed by atoms with E-state index in [2.05, 4.69) is 13.8 Å². The van der Waals surface area contributed by atoms with Crippen LogP contribution in [0.4, 0.5) is 0 Å². The Labute approximate surface area is 330 Å². The molecule has 326 valence electrons. The van der Waals surface area contributed by atoms with Crippen LogP contribution in [0.2, 0.25) is 0 Å². The molecular formula is C41H78O14. The van der Waals surface area contributed by atoms with Crippen molar-refractivity contribution in [2.75, 3.05) is 33.0 Å². The van der Waals surface area contributed by atoms with Crippen molar-refractivity contribution in [3.8, 4) is 0 Å². The smallest absolute Gasteiger partial charge is 0.306 e. The fourth-order valence-electron chi connectivity index (χ4n) is 6.99. The summed E-state index contributed by atoms with van der Waals surface area (Å²) < 4.78 is 34.0. The number of aliphatic hydroxyl groups is 7. The van der Waals surface area contributed by atoms with Crippen LogP contribution < -0.4 is 0 Å². The second kappa shape index (κ2) is 31.0. The number of rotatable bonds is 33. The molecular weight excluding hydrogens is 716 g/mol. The average molecular weight is 795 g/mol. The highest BCUT2D eigenvalue weighted by molar-refractivity contribution is 5.69. The quantitative estimate of drug-likeness (QED) is 0.0367. The summed E-state index contributed by atoms with van der Waals surface area (Å²) in [6.45, 7) is 3.66. The SMILES string of the molecule is CCCCCCCCCCCCCCC(=O)OC(COCCCCCCCCCCC)COC1OC(COC2OC(CO)C(O)C(O)C2O)C(O)C(O)C1O. The van der Waals surface area contributed by atoms with Gasteiger partial charge in [-0.2, -0.15) is 0 Å². The Morgan fingerprint density at radius 1 is 0.527 bits per heavy atom. The predicted molar refractivity (Wildman–Crippen MR) is 206 cm³/mol. The van der Waals surface area contributed by atoms with Crippen LogP contribution in [0.25, 0.3) is 0 Å². The fourth-order valence-corrected chi connectivity index (χ4v) is 6.99. The molecule has 2 fully saturated rings. The van der Waals surface area contributed by atoms with E-state index in [4.69, 9.17) is 28.4 Å². The molecule has 2 aliphatic rings. The van der Waals surface area contributed by atoms with E-state index in [9.17, 15) is 40.5 Å². The molecule has 0 aromatic carbocycles. The van der Waals surface area contributed by atoms with Gasteiger partial charge in [0.25, 0.3) is 0 Å². The highest BCUT2D eigenvalue weighted by atomic mass is 16.7. The third-order valence-corrected chi connectivity index (χ3v) is 10.6. The number of carbonyl (C=O) groups is 1. The van der Waals surface area contributed by atoms with E-state index in [0.717, 1.165) is 38.5 Å². The van der Waals surface area contributed by atoms with Gasteiger partial charge in [0, 0.05) is 13.0 Å². The maximum Gasteiger partial charge on any atom is 0.306 e. The zero-order valence-electron chi connectivity index (χ0n) is 33.9. The van der Waals surface area contributed by atoms with E-state index >= 15 is 0 Å². The second-order valence-corrected chi connectivity index (χ2v) is 15.5. The molecule has 11 unspecified atom stereocenters. The summed E-state index contributed by atoms with van der Waals surface area (Å²) >= 11 is 0. The van der Waals surface area contributed by atoms with E-state index in [1.54, 1.807) is 0 Å². The molecule has 2 saturated heterocycles.